The van der Waals surface area contributed by atoms with Crippen LogP contribution in [0.15, 0.2) is 53.6 Å². The standard InChI is InChI=1S/C18H14ClFN2O3S/c1-11-10-21-18-12(8-14(20)9-16(11)18)2-7-17(23)22-26(24,25)15-5-3-13(19)4-6-15/h2-10,21H,1H3,(H,22,23). The fourth-order valence-electron chi connectivity index (χ4n) is 2.49. The topological polar surface area (TPSA) is 79.0 Å². The van der Waals surface area contributed by atoms with Gasteiger partial charge in [0.15, 0.2) is 0 Å². The fraction of sp³-hybridized carbons (Fsp3) is 0.0556. The summed E-state index contributed by atoms with van der Waals surface area (Å²) in [4.78, 5) is 14.9. The highest BCUT2D eigenvalue weighted by atomic mass is 35.5. The summed E-state index contributed by atoms with van der Waals surface area (Å²) in [5.74, 6) is -1.30. The molecule has 3 aromatic rings. The smallest absolute Gasteiger partial charge is 0.264 e. The predicted octanol–water partition coefficient (Wildman–Crippen LogP) is 3.79. The van der Waals surface area contributed by atoms with Crippen molar-refractivity contribution in [3.05, 3.63) is 70.6 Å². The summed E-state index contributed by atoms with van der Waals surface area (Å²) in [6.07, 6.45) is 4.12. The highest BCUT2D eigenvalue weighted by molar-refractivity contribution is 7.90. The highest BCUT2D eigenvalue weighted by Gasteiger charge is 2.16. The van der Waals surface area contributed by atoms with Crippen LogP contribution in [-0.2, 0) is 14.8 Å². The number of aromatic amines is 1. The van der Waals surface area contributed by atoms with E-state index in [-0.39, 0.29) is 4.90 Å². The summed E-state index contributed by atoms with van der Waals surface area (Å²) in [6, 6.07) is 8.05. The number of hydrogen-bond donors (Lipinski definition) is 2. The summed E-state index contributed by atoms with van der Waals surface area (Å²) >= 11 is 5.72. The monoisotopic (exact) mass is 392 g/mol. The summed E-state index contributed by atoms with van der Waals surface area (Å²) in [6.45, 7) is 1.83. The molecule has 0 bridgehead atoms. The van der Waals surface area contributed by atoms with Gasteiger partial charge in [0.25, 0.3) is 15.9 Å². The zero-order chi connectivity index (χ0) is 18.9. The summed E-state index contributed by atoms with van der Waals surface area (Å²) in [5.41, 5.74) is 1.96. The number of nitrogens with one attached hydrogen (secondary N) is 2. The van der Waals surface area contributed by atoms with Crippen molar-refractivity contribution >= 4 is 44.5 Å². The summed E-state index contributed by atoms with van der Waals surface area (Å²) in [5, 5.41) is 1.07. The van der Waals surface area contributed by atoms with Gasteiger partial charge in [-0.15, -0.1) is 0 Å². The molecule has 0 atom stereocenters. The Morgan fingerprint density at radius 2 is 1.92 bits per heavy atom. The van der Waals surface area contributed by atoms with Gasteiger partial charge in [0.05, 0.1) is 10.4 Å². The van der Waals surface area contributed by atoms with Gasteiger partial charge in [-0.1, -0.05) is 11.6 Å². The Morgan fingerprint density at radius 3 is 2.62 bits per heavy atom. The molecule has 0 saturated heterocycles. The number of sulfonamides is 1. The molecule has 0 unspecified atom stereocenters. The molecule has 2 aromatic carbocycles. The minimum Gasteiger partial charge on any atom is -0.360 e. The third-order valence-corrected chi connectivity index (χ3v) is 5.38. The third kappa shape index (κ3) is 3.79. The van der Waals surface area contributed by atoms with Crippen LogP contribution in [0.3, 0.4) is 0 Å². The molecule has 26 heavy (non-hydrogen) atoms. The predicted molar refractivity (Wildman–Crippen MR) is 98.8 cm³/mol. The van der Waals surface area contributed by atoms with Crippen LogP contribution >= 0.6 is 11.6 Å². The third-order valence-electron chi connectivity index (χ3n) is 3.76. The molecular weight excluding hydrogens is 379 g/mol. The zero-order valence-corrected chi connectivity index (χ0v) is 15.2. The molecule has 0 aliphatic heterocycles. The van der Waals surface area contributed by atoms with Gasteiger partial charge in [0.2, 0.25) is 0 Å². The Hall–Kier alpha value is -2.64. The lowest BCUT2D eigenvalue weighted by molar-refractivity contribution is -0.114. The molecule has 3 rings (SSSR count). The number of halogens is 2. The SMILES string of the molecule is Cc1c[nH]c2c(C=CC(=O)NS(=O)(=O)c3ccc(Cl)cc3)cc(F)cc12. The van der Waals surface area contributed by atoms with E-state index >= 15 is 0 Å². The zero-order valence-electron chi connectivity index (χ0n) is 13.6. The number of aromatic nitrogens is 1. The van der Waals surface area contributed by atoms with E-state index in [4.69, 9.17) is 11.6 Å². The Morgan fingerprint density at radius 1 is 1.23 bits per heavy atom. The molecule has 0 saturated carbocycles. The van der Waals surface area contributed by atoms with Gasteiger partial charge >= 0.3 is 0 Å². The Bertz CT molecular complexity index is 1120. The van der Waals surface area contributed by atoms with Crippen molar-refractivity contribution in [2.75, 3.05) is 0 Å². The maximum atomic E-state index is 13.7. The number of amides is 1. The van der Waals surface area contributed by atoms with Crippen LogP contribution in [0.25, 0.3) is 17.0 Å². The van der Waals surface area contributed by atoms with E-state index in [0.29, 0.717) is 21.5 Å². The number of H-pyrrole nitrogens is 1. The first-order valence-corrected chi connectivity index (χ1v) is 9.40. The molecule has 1 amide bonds. The molecular formula is C18H14ClFN2O3S. The molecule has 1 aromatic heterocycles. The van der Waals surface area contributed by atoms with Crippen LogP contribution < -0.4 is 4.72 Å². The van der Waals surface area contributed by atoms with Crippen LogP contribution in [-0.4, -0.2) is 19.3 Å². The molecule has 2 N–H and O–H groups in total. The lowest BCUT2D eigenvalue weighted by Crippen LogP contribution is -2.28. The van der Waals surface area contributed by atoms with Crippen molar-refractivity contribution in [1.82, 2.24) is 9.71 Å². The van der Waals surface area contributed by atoms with Crippen molar-refractivity contribution in [3.63, 3.8) is 0 Å². The van der Waals surface area contributed by atoms with E-state index < -0.39 is 21.7 Å². The van der Waals surface area contributed by atoms with Crippen LogP contribution in [0.4, 0.5) is 4.39 Å². The minimum absolute atomic E-state index is 0.0863. The van der Waals surface area contributed by atoms with Gasteiger partial charge < -0.3 is 4.98 Å². The van der Waals surface area contributed by atoms with Crippen molar-refractivity contribution in [2.24, 2.45) is 0 Å². The van der Waals surface area contributed by atoms with Crippen LogP contribution in [0.2, 0.25) is 5.02 Å². The second kappa shape index (κ2) is 6.93. The number of fused-ring (bicyclic) bond motifs is 1. The maximum absolute atomic E-state index is 13.7. The molecule has 0 radical (unpaired) electrons. The average molecular weight is 393 g/mol. The Balaban J connectivity index is 1.83. The number of carbonyl (C=O) groups is 1. The molecule has 0 aliphatic carbocycles. The molecule has 0 aliphatic rings. The van der Waals surface area contributed by atoms with Crippen LogP contribution in [0.1, 0.15) is 11.1 Å². The average Bonchev–Trinajstić information content (AvgIpc) is 2.94. The fourth-order valence-corrected chi connectivity index (χ4v) is 3.57. The molecule has 0 spiro atoms. The first-order chi connectivity index (χ1) is 12.3. The van der Waals surface area contributed by atoms with Gasteiger partial charge in [0.1, 0.15) is 5.82 Å². The Kier molecular flexibility index (Phi) is 4.84. The summed E-state index contributed by atoms with van der Waals surface area (Å²) in [7, 11) is -4.02. The van der Waals surface area contributed by atoms with E-state index in [1.807, 2.05) is 11.6 Å². The molecule has 5 nitrogen and oxygen atoms in total. The lowest BCUT2D eigenvalue weighted by Gasteiger charge is -2.05. The number of carbonyl (C=O) groups excluding carboxylic acids is 1. The second-order valence-electron chi connectivity index (χ2n) is 5.65. The van der Waals surface area contributed by atoms with Crippen LogP contribution in [0, 0.1) is 12.7 Å². The minimum atomic E-state index is -4.02. The van der Waals surface area contributed by atoms with Gasteiger partial charge in [0, 0.05) is 28.2 Å². The van der Waals surface area contributed by atoms with Gasteiger partial charge in [-0.3, -0.25) is 4.79 Å². The number of aryl methyl sites for hydroxylation is 1. The number of rotatable bonds is 4. The first-order valence-electron chi connectivity index (χ1n) is 7.54. The van der Waals surface area contributed by atoms with Crippen LogP contribution in [0.5, 0.6) is 0 Å². The maximum Gasteiger partial charge on any atom is 0.264 e. The lowest BCUT2D eigenvalue weighted by atomic mass is 10.1. The van der Waals surface area contributed by atoms with Crippen molar-refractivity contribution in [3.8, 4) is 0 Å². The quantitative estimate of drug-likeness (QED) is 0.663. The Labute approximate surface area is 154 Å². The van der Waals surface area contributed by atoms with Gasteiger partial charge in [-0.05, 0) is 55.0 Å². The molecule has 0 fully saturated rings. The largest absolute Gasteiger partial charge is 0.360 e. The van der Waals surface area contributed by atoms with E-state index in [1.165, 1.54) is 42.5 Å². The second-order valence-corrected chi connectivity index (χ2v) is 7.77. The molecule has 134 valence electrons. The van der Waals surface area contributed by atoms with E-state index in [1.54, 1.807) is 6.20 Å². The van der Waals surface area contributed by atoms with E-state index in [9.17, 15) is 17.6 Å². The number of hydrogen-bond acceptors (Lipinski definition) is 3. The van der Waals surface area contributed by atoms with Crippen molar-refractivity contribution in [2.45, 2.75) is 11.8 Å². The summed E-state index contributed by atoms with van der Waals surface area (Å²) < 4.78 is 40.0. The van der Waals surface area contributed by atoms with Crippen molar-refractivity contribution in [1.29, 1.82) is 0 Å². The van der Waals surface area contributed by atoms with Crippen molar-refractivity contribution < 1.29 is 17.6 Å². The van der Waals surface area contributed by atoms with E-state index in [2.05, 4.69) is 4.98 Å². The molecule has 1 heterocycles. The first kappa shape index (κ1) is 18.2. The van der Waals surface area contributed by atoms with Gasteiger partial charge in [-0.25, -0.2) is 17.5 Å². The van der Waals surface area contributed by atoms with E-state index in [0.717, 1.165) is 11.6 Å². The normalized spacial score (nSPS) is 12.0. The highest BCUT2D eigenvalue weighted by Crippen LogP contribution is 2.24. The molecule has 8 heteroatoms. The van der Waals surface area contributed by atoms with Gasteiger partial charge in [-0.2, -0.15) is 0 Å². The number of benzene rings is 2.